The van der Waals surface area contributed by atoms with Crippen molar-refractivity contribution in [3.63, 3.8) is 0 Å². The normalized spacial score (nSPS) is 10.7. The molecule has 1 rings (SSSR count). The van der Waals surface area contributed by atoms with Crippen LogP contribution in [-0.4, -0.2) is 47.9 Å². The highest BCUT2D eigenvalue weighted by Gasteiger charge is 2.06. The quantitative estimate of drug-likeness (QED) is 0.633. The van der Waals surface area contributed by atoms with E-state index in [1.54, 1.807) is 0 Å². The van der Waals surface area contributed by atoms with Crippen molar-refractivity contribution in [3.05, 3.63) is 0 Å². The van der Waals surface area contributed by atoms with Crippen LogP contribution >= 0.6 is 0 Å². The molecule has 0 spiro atoms. The van der Waals surface area contributed by atoms with E-state index in [2.05, 4.69) is 39.4 Å². The molecule has 7 heteroatoms. The van der Waals surface area contributed by atoms with Crippen LogP contribution in [0.5, 0.6) is 6.01 Å². The Bertz CT molecular complexity index is 363. The Labute approximate surface area is 120 Å². The first-order valence-corrected chi connectivity index (χ1v) is 7.10. The molecule has 0 aromatic carbocycles. The Kier molecular flexibility index (Phi) is 7.64. The third-order valence-electron chi connectivity index (χ3n) is 2.20. The van der Waals surface area contributed by atoms with E-state index >= 15 is 0 Å². The largest absolute Gasteiger partial charge is 0.464 e. The van der Waals surface area contributed by atoms with Crippen molar-refractivity contribution in [3.8, 4) is 6.01 Å². The van der Waals surface area contributed by atoms with Gasteiger partial charge in [-0.2, -0.15) is 15.0 Å². The number of nitrogens with zero attached hydrogens (tertiary/aromatic N) is 3. The third-order valence-corrected chi connectivity index (χ3v) is 2.20. The van der Waals surface area contributed by atoms with Crippen molar-refractivity contribution in [2.45, 2.75) is 27.7 Å². The minimum atomic E-state index is 0.323. The van der Waals surface area contributed by atoms with Gasteiger partial charge in [-0.25, -0.2) is 0 Å². The van der Waals surface area contributed by atoms with Gasteiger partial charge in [0, 0.05) is 19.7 Å². The van der Waals surface area contributed by atoms with E-state index in [0.29, 0.717) is 43.6 Å². The molecule has 0 aliphatic rings. The number of hydrogen-bond acceptors (Lipinski definition) is 7. The number of rotatable bonds is 10. The predicted octanol–water partition coefficient (Wildman–Crippen LogP) is 1.79. The second-order valence-corrected chi connectivity index (χ2v) is 4.62. The summed E-state index contributed by atoms with van der Waals surface area (Å²) in [7, 11) is 0. The summed E-state index contributed by atoms with van der Waals surface area (Å²) in [5.74, 6) is 1.54. The SMILES string of the molecule is CCNc1nc(NCCOCC(C)C)nc(OCC)n1. The van der Waals surface area contributed by atoms with Crippen LogP contribution in [0.2, 0.25) is 0 Å². The summed E-state index contributed by atoms with van der Waals surface area (Å²) in [5, 5.41) is 6.16. The molecule has 0 amide bonds. The number of ether oxygens (including phenoxy) is 2. The summed E-state index contributed by atoms with van der Waals surface area (Å²) in [4.78, 5) is 12.6. The molecule has 0 fully saturated rings. The maximum atomic E-state index is 5.49. The molecule has 1 heterocycles. The first-order chi connectivity index (χ1) is 9.65. The van der Waals surface area contributed by atoms with E-state index < -0.39 is 0 Å². The van der Waals surface area contributed by atoms with Crippen LogP contribution in [0, 0.1) is 5.92 Å². The van der Waals surface area contributed by atoms with Crippen molar-refractivity contribution in [2.24, 2.45) is 5.92 Å². The van der Waals surface area contributed by atoms with Crippen LogP contribution in [-0.2, 0) is 4.74 Å². The molecule has 0 unspecified atom stereocenters. The molecule has 1 aromatic rings. The van der Waals surface area contributed by atoms with Crippen molar-refractivity contribution < 1.29 is 9.47 Å². The van der Waals surface area contributed by atoms with E-state index in [1.807, 2.05) is 13.8 Å². The molecule has 20 heavy (non-hydrogen) atoms. The molecule has 114 valence electrons. The molecule has 7 nitrogen and oxygen atoms in total. The maximum absolute atomic E-state index is 5.49. The number of nitrogens with one attached hydrogen (secondary N) is 2. The number of hydrogen-bond donors (Lipinski definition) is 2. The molecule has 1 aromatic heterocycles. The molecule has 0 saturated heterocycles. The lowest BCUT2D eigenvalue weighted by molar-refractivity contribution is 0.118. The number of aromatic nitrogens is 3. The van der Waals surface area contributed by atoms with Gasteiger partial charge in [0.05, 0.1) is 13.2 Å². The smallest absolute Gasteiger partial charge is 0.323 e. The average Bonchev–Trinajstić information content (AvgIpc) is 2.38. The molecule has 2 N–H and O–H groups in total. The van der Waals surface area contributed by atoms with E-state index in [1.165, 1.54) is 0 Å². The third kappa shape index (κ3) is 6.51. The van der Waals surface area contributed by atoms with Gasteiger partial charge in [0.2, 0.25) is 11.9 Å². The van der Waals surface area contributed by atoms with E-state index in [-0.39, 0.29) is 0 Å². The van der Waals surface area contributed by atoms with Crippen LogP contribution in [0.15, 0.2) is 0 Å². The second kappa shape index (κ2) is 9.30. The molecule has 0 bridgehead atoms. The van der Waals surface area contributed by atoms with Gasteiger partial charge in [-0.3, -0.25) is 0 Å². The highest BCUT2D eigenvalue weighted by atomic mass is 16.5. The van der Waals surface area contributed by atoms with Crippen molar-refractivity contribution in [1.82, 2.24) is 15.0 Å². The summed E-state index contributed by atoms with van der Waals surface area (Å²) >= 11 is 0. The van der Waals surface area contributed by atoms with Gasteiger partial charge in [-0.15, -0.1) is 0 Å². The zero-order valence-electron chi connectivity index (χ0n) is 12.8. The summed E-state index contributed by atoms with van der Waals surface area (Å²) in [5.41, 5.74) is 0. The standard InChI is InChI=1S/C13H25N5O2/c1-5-14-11-16-12(18-13(17-11)20-6-2)15-7-8-19-9-10(3)4/h10H,5-9H2,1-4H3,(H2,14,15,16,17,18). The van der Waals surface area contributed by atoms with E-state index in [4.69, 9.17) is 9.47 Å². The van der Waals surface area contributed by atoms with Gasteiger partial charge in [0.25, 0.3) is 0 Å². The molecule has 0 saturated carbocycles. The van der Waals surface area contributed by atoms with E-state index in [9.17, 15) is 0 Å². The fraction of sp³-hybridized carbons (Fsp3) is 0.769. The molecule has 0 aliphatic heterocycles. The monoisotopic (exact) mass is 283 g/mol. The zero-order valence-corrected chi connectivity index (χ0v) is 12.8. The second-order valence-electron chi connectivity index (χ2n) is 4.62. The summed E-state index contributed by atoms with van der Waals surface area (Å²) in [6.07, 6.45) is 0. The summed E-state index contributed by atoms with van der Waals surface area (Å²) in [6, 6.07) is 0.323. The van der Waals surface area contributed by atoms with Gasteiger partial charge in [0.15, 0.2) is 0 Å². The summed E-state index contributed by atoms with van der Waals surface area (Å²) < 4.78 is 10.8. The highest BCUT2D eigenvalue weighted by molar-refractivity contribution is 5.35. The number of anilines is 2. The first-order valence-electron chi connectivity index (χ1n) is 7.10. The Balaban J connectivity index is 2.50. The molecular weight excluding hydrogens is 258 g/mol. The zero-order chi connectivity index (χ0) is 14.8. The van der Waals surface area contributed by atoms with Crippen LogP contribution in [0.1, 0.15) is 27.7 Å². The van der Waals surface area contributed by atoms with Crippen LogP contribution in [0.3, 0.4) is 0 Å². The van der Waals surface area contributed by atoms with Gasteiger partial charge >= 0.3 is 6.01 Å². The predicted molar refractivity (Wildman–Crippen MR) is 79.3 cm³/mol. The van der Waals surface area contributed by atoms with Crippen LogP contribution in [0.4, 0.5) is 11.9 Å². The summed E-state index contributed by atoms with van der Waals surface area (Å²) in [6.45, 7) is 11.4. The molecule has 0 atom stereocenters. The van der Waals surface area contributed by atoms with Crippen molar-refractivity contribution in [1.29, 1.82) is 0 Å². The lowest BCUT2D eigenvalue weighted by Gasteiger charge is -2.10. The fourth-order valence-electron chi connectivity index (χ4n) is 1.42. The van der Waals surface area contributed by atoms with Crippen molar-refractivity contribution >= 4 is 11.9 Å². The van der Waals surface area contributed by atoms with Gasteiger partial charge in [-0.1, -0.05) is 13.8 Å². The minimum absolute atomic E-state index is 0.323. The Morgan fingerprint density at radius 2 is 1.75 bits per heavy atom. The lowest BCUT2D eigenvalue weighted by atomic mass is 10.2. The van der Waals surface area contributed by atoms with Gasteiger partial charge in [0.1, 0.15) is 0 Å². The van der Waals surface area contributed by atoms with Gasteiger partial charge in [-0.05, 0) is 19.8 Å². The maximum Gasteiger partial charge on any atom is 0.323 e. The van der Waals surface area contributed by atoms with E-state index in [0.717, 1.165) is 13.2 Å². The van der Waals surface area contributed by atoms with Gasteiger partial charge < -0.3 is 20.1 Å². The van der Waals surface area contributed by atoms with Crippen molar-refractivity contribution in [2.75, 3.05) is 43.5 Å². The lowest BCUT2D eigenvalue weighted by Crippen LogP contribution is -2.15. The Morgan fingerprint density at radius 1 is 1.05 bits per heavy atom. The van der Waals surface area contributed by atoms with Crippen LogP contribution in [0.25, 0.3) is 0 Å². The fourth-order valence-corrected chi connectivity index (χ4v) is 1.42. The topological polar surface area (TPSA) is 81.2 Å². The Morgan fingerprint density at radius 3 is 2.35 bits per heavy atom. The molecular formula is C13H25N5O2. The average molecular weight is 283 g/mol. The Hall–Kier alpha value is -1.63. The molecule has 0 aliphatic carbocycles. The first kappa shape index (κ1) is 16.4. The van der Waals surface area contributed by atoms with Crippen LogP contribution < -0.4 is 15.4 Å². The molecule has 0 radical (unpaired) electrons. The minimum Gasteiger partial charge on any atom is -0.464 e. The highest BCUT2D eigenvalue weighted by Crippen LogP contribution is 2.10.